The van der Waals surface area contributed by atoms with Gasteiger partial charge in [0, 0.05) is 19.5 Å². The van der Waals surface area contributed by atoms with Crippen LogP contribution in [0.4, 0.5) is 0 Å². The Labute approximate surface area is 148 Å². The SMILES string of the molecule is O=C1CCCCCN1CC(=O)N1CC[C@](O)(COc2ccccc2)C1. The summed E-state index contributed by atoms with van der Waals surface area (Å²) >= 11 is 0. The van der Waals surface area contributed by atoms with Gasteiger partial charge in [-0.25, -0.2) is 0 Å². The molecule has 0 aliphatic carbocycles. The van der Waals surface area contributed by atoms with Crippen molar-refractivity contribution in [2.45, 2.75) is 37.7 Å². The molecule has 0 unspecified atom stereocenters. The summed E-state index contributed by atoms with van der Waals surface area (Å²) in [6, 6.07) is 9.34. The molecular weight excluding hydrogens is 320 g/mol. The van der Waals surface area contributed by atoms with Crippen LogP contribution in [-0.2, 0) is 9.59 Å². The Bertz CT molecular complexity index is 607. The van der Waals surface area contributed by atoms with Crippen molar-refractivity contribution in [3.8, 4) is 5.75 Å². The first-order chi connectivity index (χ1) is 12.1. The minimum Gasteiger partial charge on any atom is -0.491 e. The van der Waals surface area contributed by atoms with Crippen molar-refractivity contribution in [1.82, 2.24) is 9.80 Å². The van der Waals surface area contributed by atoms with Gasteiger partial charge in [-0.2, -0.15) is 0 Å². The maximum Gasteiger partial charge on any atom is 0.242 e. The van der Waals surface area contributed by atoms with Crippen LogP contribution in [0.5, 0.6) is 5.75 Å². The van der Waals surface area contributed by atoms with E-state index in [1.807, 2.05) is 30.3 Å². The lowest BCUT2D eigenvalue weighted by Gasteiger charge is -2.26. The summed E-state index contributed by atoms with van der Waals surface area (Å²) in [6.45, 7) is 1.67. The minimum absolute atomic E-state index is 0.0627. The van der Waals surface area contributed by atoms with Gasteiger partial charge < -0.3 is 19.6 Å². The summed E-state index contributed by atoms with van der Waals surface area (Å²) in [7, 11) is 0. The van der Waals surface area contributed by atoms with Gasteiger partial charge in [0.1, 0.15) is 18.0 Å². The average Bonchev–Trinajstić information content (AvgIpc) is 2.91. The molecule has 2 aliphatic rings. The zero-order chi connectivity index (χ0) is 17.7. The molecular formula is C19H26N2O4. The summed E-state index contributed by atoms with van der Waals surface area (Å²) in [5.74, 6) is 0.675. The summed E-state index contributed by atoms with van der Waals surface area (Å²) in [6.07, 6.45) is 3.91. The van der Waals surface area contributed by atoms with Crippen LogP contribution in [0.25, 0.3) is 0 Å². The molecule has 1 aromatic carbocycles. The Morgan fingerprint density at radius 2 is 1.96 bits per heavy atom. The molecule has 0 bridgehead atoms. The number of para-hydroxylation sites is 1. The number of likely N-dealkylation sites (tertiary alicyclic amines) is 2. The predicted molar refractivity (Wildman–Crippen MR) is 93.1 cm³/mol. The van der Waals surface area contributed by atoms with Crippen LogP contribution in [0.3, 0.4) is 0 Å². The second-order valence-corrected chi connectivity index (χ2v) is 7.02. The molecule has 1 atom stereocenters. The van der Waals surface area contributed by atoms with Crippen LogP contribution >= 0.6 is 0 Å². The fourth-order valence-corrected chi connectivity index (χ4v) is 3.39. The lowest BCUT2D eigenvalue weighted by atomic mass is 10.1. The van der Waals surface area contributed by atoms with Crippen LogP contribution in [-0.4, -0.2) is 65.1 Å². The lowest BCUT2D eigenvalue weighted by molar-refractivity contribution is -0.140. The van der Waals surface area contributed by atoms with Gasteiger partial charge in [-0.15, -0.1) is 0 Å². The standard InChI is InChI=1S/C19H26N2O4/c22-17-9-5-2-6-11-20(17)13-18(23)21-12-10-19(24,14-21)15-25-16-7-3-1-4-8-16/h1,3-4,7-8,24H,2,5-6,9-15H2/t19-/m1/s1. The third-order valence-corrected chi connectivity index (χ3v) is 4.93. The highest BCUT2D eigenvalue weighted by atomic mass is 16.5. The Morgan fingerprint density at radius 1 is 1.16 bits per heavy atom. The van der Waals surface area contributed by atoms with E-state index in [1.165, 1.54) is 0 Å². The monoisotopic (exact) mass is 346 g/mol. The lowest BCUT2D eigenvalue weighted by Crippen LogP contribution is -2.45. The number of β-amino-alcohol motifs (C(OH)–C–C–N with tert-alkyl or cyclic N) is 1. The quantitative estimate of drug-likeness (QED) is 0.876. The van der Waals surface area contributed by atoms with E-state index in [4.69, 9.17) is 4.74 Å². The number of hydrogen-bond donors (Lipinski definition) is 1. The van der Waals surface area contributed by atoms with Gasteiger partial charge in [-0.1, -0.05) is 24.6 Å². The summed E-state index contributed by atoms with van der Waals surface area (Å²) < 4.78 is 5.65. The van der Waals surface area contributed by atoms with Gasteiger partial charge in [0.2, 0.25) is 11.8 Å². The predicted octanol–water partition coefficient (Wildman–Crippen LogP) is 1.43. The van der Waals surface area contributed by atoms with Crippen LogP contribution in [0.2, 0.25) is 0 Å². The van der Waals surface area contributed by atoms with Gasteiger partial charge in [-0.05, 0) is 31.4 Å². The first-order valence-corrected chi connectivity index (χ1v) is 9.02. The number of carbonyl (C=O) groups excluding carboxylic acids is 2. The normalized spacial score (nSPS) is 24.3. The highest BCUT2D eigenvalue weighted by Gasteiger charge is 2.39. The Hall–Kier alpha value is -2.08. The molecule has 2 saturated heterocycles. The number of benzene rings is 1. The van der Waals surface area contributed by atoms with Crippen molar-refractivity contribution in [2.24, 2.45) is 0 Å². The number of nitrogens with zero attached hydrogens (tertiary/aromatic N) is 2. The van der Waals surface area contributed by atoms with Crippen molar-refractivity contribution in [3.05, 3.63) is 30.3 Å². The third kappa shape index (κ3) is 4.72. The maximum absolute atomic E-state index is 12.5. The molecule has 2 heterocycles. The molecule has 0 aromatic heterocycles. The third-order valence-electron chi connectivity index (χ3n) is 4.93. The molecule has 1 N–H and O–H groups in total. The number of carbonyl (C=O) groups is 2. The molecule has 3 rings (SSSR count). The summed E-state index contributed by atoms with van der Waals surface area (Å²) in [5.41, 5.74) is -1.03. The fraction of sp³-hybridized carbons (Fsp3) is 0.579. The van der Waals surface area contributed by atoms with Gasteiger partial charge in [-0.3, -0.25) is 9.59 Å². The second kappa shape index (κ2) is 7.87. The molecule has 0 spiro atoms. The van der Waals surface area contributed by atoms with Gasteiger partial charge in [0.05, 0.1) is 13.1 Å². The van der Waals surface area contributed by atoms with E-state index in [0.717, 1.165) is 19.3 Å². The average molecular weight is 346 g/mol. The molecule has 0 radical (unpaired) electrons. The van der Waals surface area contributed by atoms with E-state index < -0.39 is 5.60 Å². The zero-order valence-corrected chi connectivity index (χ0v) is 14.5. The highest BCUT2D eigenvalue weighted by molar-refractivity contribution is 5.85. The van der Waals surface area contributed by atoms with Crippen LogP contribution in [0, 0.1) is 0 Å². The molecule has 25 heavy (non-hydrogen) atoms. The van der Waals surface area contributed by atoms with E-state index in [1.54, 1.807) is 9.80 Å². The number of amides is 2. The number of hydrogen-bond acceptors (Lipinski definition) is 4. The van der Waals surface area contributed by atoms with Gasteiger partial charge >= 0.3 is 0 Å². The molecule has 2 amide bonds. The fourth-order valence-electron chi connectivity index (χ4n) is 3.39. The molecule has 2 fully saturated rings. The highest BCUT2D eigenvalue weighted by Crippen LogP contribution is 2.23. The van der Waals surface area contributed by atoms with Crippen LogP contribution in [0.1, 0.15) is 32.1 Å². The van der Waals surface area contributed by atoms with Crippen LogP contribution in [0.15, 0.2) is 30.3 Å². The first-order valence-electron chi connectivity index (χ1n) is 9.02. The molecule has 2 aliphatic heterocycles. The molecule has 6 nitrogen and oxygen atoms in total. The van der Waals surface area contributed by atoms with Crippen molar-refractivity contribution >= 4 is 11.8 Å². The van der Waals surface area contributed by atoms with E-state index in [0.29, 0.717) is 31.7 Å². The molecule has 0 saturated carbocycles. The zero-order valence-electron chi connectivity index (χ0n) is 14.5. The van der Waals surface area contributed by atoms with E-state index >= 15 is 0 Å². The Kier molecular flexibility index (Phi) is 5.58. The molecule has 1 aromatic rings. The summed E-state index contributed by atoms with van der Waals surface area (Å²) in [4.78, 5) is 27.9. The summed E-state index contributed by atoms with van der Waals surface area (Å²) in [5, 5.41) is 10.7. The largest absolute Gasteiger partial charge is 0.491 e. The van der Waals surface area contributed by atoms with Gasteiger partial charge in [0.25, 0.3) is 0 Å². The maximum atomic E-state index is 12.5. The van der Waals surface area contributed by atoms with E-state index in [9.17, 15) is 14.7 Å². The minimum atomic E-state index is -1.03. The Balaban J connectivity index is 1.50. The van der Waals surface area contributed by atoms with E-state index in [-0.39, 0.29) is 31.5 Å². The van der Waals surface area contributed by atoms with Gasteiger partial charge in [0.15, 0.2) is 0 Å². The van der Waals surface area contributed by atoms with E-state index in [2.05, 4.69) is 0 Å². The number of rotatable bonds is 5. The number of aliphatic hydroxyl groups is 1. The topological polar surface area (TPSA) is 70.1 Å². The number of ether oxygens (including phenoxy) is 1. The smallest absolute Gasteiger partial charge is 0.242 e. The molecule has 136 valence electrons. The van der Waals surface area contributed by atoms with Crippen molar-refractivity contribution in [3.63, 3.8) is 0 Å². The first kappa shape index (κ1) is 17.7. The van der Waals surface area contributed by atoms with Crippen molar-refractivity contribution in [2.75, 3.05) is 32.8 Å². The molecule has 6 heteroatoms. The van der Waals surface area contributed by atoms with Crippen molar-refractivity contribution in [1.29, 1.82) is 0 Å². The van der Waals surface area contributed by atoms with Crippen LogP contribution < -0.4 is 4.74 Å². The second-order valence-electron chi connectivity index (χ2n) is 7.02. The Morgan fingerprint density at radius 3 is 2.76 bits per heavy atom. The van der Waals surface area contributed by atoms with Crippen molar-refractivity contribution < 1.29 is 19.4 Å².